The molecule has 1 aromatic heterocycles. The molecule has 1 fully saturated rings. The number of aromatic hydroxyl groups is 1. The van der Waals surface area contributed by atoms with Crippen LogP contribution in [0, 0.1) is 5.92 Å². The predicted octanol–water partition coefficient (Wildman–Crippen LogP) is 1.40. The fourth-order valence-electron chi connectivity index (χ4n) is 1.27. The minimum absolute atomic E-state index is 0.0237. The third-order valence-electron chi connectivity index (χ3n) is 2.16. The molecule has 1 heterocycles. The Bertz CT molecular complexity index is 252. The monoisotopic (exact) mass is 153 g/mol. The van der Waals surface area contributed by atoms with Crippen molar-refractivity contribution < 1.29 is 9.52 Å². The summed E-state index contributed by atoms with van der Waals surface area (Å²) in [7, 11) is 0. The van der Waals surface area contributed by atoms with E-state index in [9.17, 15) is 0 Å². The summed E-state index contributed by atoms with van der Waals surface area (Å²) in [5, 5.41) is 9.15. The lowest BCUT2D eigenvalue weighted by Gasteiger charge is -2.06. The maximum Gasteiger partial charge on any atom is 0.286 e. The highest BCUT2D eigenvalue weighted by molar-refractivity contribution is 5.26. The Morgan fingerprint density at radius 1 is 1.64 bits per heavy atom. The summed E-state index contributed by atoms with van der Waals surface area (Å²) in [4.78, 5) is 0. The molecule has 1 atom stereocenters. The fourth-order valence-corrected chi connectivity index (χ4v) is 1.27. The van der Waals surface area contributed by atoms with Gasteiger partial charge in [0.1, 0.15) is 0 Å². The average Bonchev–Trinajstić information content (AvgIpc) is 2.74. The maximum atomic E-state index is 9.15. The van der Waals surface area contributed by atoms with Crippen LogP contribution in [0.15, 0.2) is 16.7 Å². The van der Waals surface area contributed by atoms with E-state index in [1.165, 1.54) is 19.1 Å². The number of hydrogen-bond donors (Lipinski definition) is 2. The predicted molar refractivity (Wildman–Crippen MR) is 40.0 cm³/mol. The van der Waals surface area contributed by atoms with Crippen molar-refractivity contribution in [3.8, 4) is 5.95 Å². The van der Waals surface area contributed by atoms with E-state index in [-0.39, 0.29) is 12.0 Å². The first-order valence-corrected chi connectivity index (χ1v) is 3.81. The van der Waals surface area contributed by atoms with Crippen molar-refractivity contribution in [3.63, 3.8) is 0 Å². The molecule has 0 amide bonds. The average molecular weight is 153 g/mol. The van der Waals surface area contributed by atoms with Crippen molar-refractivity contribution in [2.75, 3.05) is 0 Å². The third kappa shape index (κ3) is 1.12. The summed E-state index contributed by atoms with van der Waals surface area (Å²) in [6.07, 6.45) is 3.81. The van der Waals surface area contributed by atoms with Gasteiger partial charge in [0.25, 0.3) is 5.95 Å². The highest BCUT2D eigenvalue weighted by Crippen LogP contribution is 2.41. The lowest BCUT2D eigenvalue weighted by molar-refractivity contribution is 0.323. The molecule has 2 rings (SSSR count). The highest BCUT2D eigenvalue weighted by atomic mass is 16.5. The highest BCUT2D eigenvalue weighted by Gasteiger charge is 2.31. The molecular formula is C8H11NO2. The summed E-state index contributed by atoms with van der Waals surface area (Å²) in [5.41, 5.74) is 6.57. The van der Waals surface area contributed by atoms with Crippen LogP contribution in [0.4, 0.5) is 0 Å². The molecule has 0 aromatic carbocycles. The Morgan fingerprint density at radius 3 is 2.82 bits per heavy atom. The van der Waals surface area contributed by atoms with Gasteiger partial charge in [-0.3, -0.25) is 0 Å². The van der Waals surface area contributed by atoms with Gasteiger partial charge in [0.15, 0.2) is 0 Å². The molecule has 1 saturated carbocycles. The van der Waals surface area contributed by atoms with E-state index in [1.54, 1.807) is 6.07 Å². The van der Waals surface area contributed by atoms with Gasteiger partial charge in [0, 0.05) is 6.04 Å². The molecule has 3 heteroatoms. The van der Waals surface area contributed by atoms with E-state index in [2.05, 4.69) is 0 Å². The molecule has 0 unspecified atom stereocenters. The van der Waals surface area contributed by atoms with Gasteiger partial charge in [-0.05, 0) is 24.8 Å². The van der Waals surface area contributed by atoms with Crippen LogP contribution in [-0.4, -0.2) is 5.11 Å². The van der Waals surface area contributed by atoms with Gasteiger partial charge >= 0.3 is 0 Å². The largest absolute Gasteiger partial charge is 0.480 e. The Hall–Kier alpha value is -0.960. The molecule has 1 aliphatic carbocycles. The zero-order chi connectivity index (χ0) is 7.84. The minimum atomic E-state index is -0.0336. The second-order valence-corrected chi connectivity index (χ2v) is 3.04. The maximum absolute atomic E-state index is 9.15. The van der Waals surface area contributed by atoms with Gasteiger partial charge in [0.05, 0.1) is 11.8 Å². The lowest BCUT2D eigenvalue weighted by atomic mass is 10.1. The van der Waals surface area contributed by atoms with Crippen LogP contribution >= 0.6 is 0 Å². The zero-order valence-electron chi connectivity index (χ0n) is 6.16. The van der Waals surface area contributed by atoms with Crippen LogP contribution in [0.2, 0.25) is 0 Å². The molecule has 0 radical (unpaired) electrons. The van der Waals surface area contributed by atoms with Crippen molar-refractivity contribution in [3.05, 3.63) is 17.9 Å². The van der Waals surface area contributed by atoms with E-state index < -0.39 is 0 Å². The van der Waals surface area contributed by atoms with Crippen molar-refractivity contribution in [2.45, 2.75) is 18.9 Å². The molecule has 3 nitrogen and oxygen atoms in total. The molecule has 1 aliphatic rings. The van der Waals surface area contributed by atoms with E-state index in [0.29, 0.717) is 5.92 Å². The van der Waals surface area contributed by atoms with Crippen LogP contribution in [0.1, 0.15) is 24.4 Å². The molecule has 11 heavy (non-hydrogen) atoms. The van der Waals surface area contributed by atoms with E-state index >= 15 is 0 Å². The summed E-state index contributed by atoms with van der Waals surface area (Å²) in [6, 6.07) is 1.70. The minimum Gasteiger partial charge on any atom is -0.480 e. The van der Waals surface area contributed by atoms with Gasteiger partial charge in [-0.2, -0.15) is 0 Å². The summed E-state index contributed by atoms with van der Waals surface area (Å²) in [6.45, 7) is 0. The van der Waals surface area contributed by atoms with E-state index in [0.717, 1.165) is 5.56 Å². The van der Waals surface area contributed by atoms with Crippen LogP contribution in [0.3, 0.4) is 0 Å². The molecule has 0 saturated heterocycles. The van der Waals surface area contributed by atoms with Gasteiger partial charge in [-0.1, -0.05) is 0 Å². The number of nitrogens with two attached hydrogens (primary N) is 1. The lowest BCUT2D eigenvalue weighted by Crippen LogP contribution is -2.11. The molecular weight excluding hydrogens is 142 g/mol. The first-order chi connectivity index (χ1) is 5.29. The molecule has 3 N–H and O–H groups in total. The Morgan fingerprint density at radius 2 is 2.36 bits per heavy atom. The van der Waals surface area contributed by atoms with Crippen LogP contribution in [0.25, 0.3) is 0 Å². The summed E-state index contributed by atoms with van der Waals surface area (Å²) < 4.78 is 4.74. The van der Waals surface area contributed by atoms with Crippen molar-refractivity contribution >= 4 is 0 Å². The Kier molecular flexibility index (Phi) is 1.39. The first kappa shape index (κ1) is 6.73. The van der Waals surface area contributed by atoms with Gasteiger partial charge < -0.3 is 15.3 Å². The zero-order valence-corrected chi connectivity index (χ0v) is 6.16. The normalized spacial score (nSPS) is 20.1. The second-order valence-electron chi connectivity index (χ2n) is 3.04. The smallest absolute Gasteiger partial charge is 0.286 e. The molecule has 0 spiro atoms. The van der Waals surface area contributed by atoms with Crippen molar-refractivity contribution in [1.29, 1.82) is 0 Å². The third-order valence-corrected chi connectivity index (χ3v) is 2.16. The molecule has 0 bridgehead atoms. The van der Waals surface area contributed by atoms with Gasteiger partial charge in [-0.25, -0.2) is 0 Å². The van der Waals surface area contributed by atoms with Gasteiger partial charge in [0.2, 0.25) is 0 Å². The van der Waals surface area contributed by atoms with E-state index in [4.69, 9.17) is 15.3 Å². The van der Waals surface area contributed by atoms with Crippen LogP contribution < -0.4 is 5.73 Å². The first-order valence-electron chi connectivity index (χ1n) is 3.81. The fraction of sp³-hybridized carbons (Fsp3) is 0.500. The van der Waals surface area contributed by atoms with Crippen molar-refractivity contribution in [1.82, 2.24) is 0 Å². The quantitative estimate of drug-likeness (QED) is 0.675. The summed E-state index contributed by atoms with van der Waals surface area (Å²) in [5.74, 6) is 0.530. The topological polar surface area (TPSA) is 59.4 Å². The number of furan rings is 1. The SMILES string of the molecule is N[C@@H](c1ccoc1O)C1CC1. The van der Waals surface area contributed by atoms with Crippen molar-refractivity contribution in [2.24, 2.45) is 11.7 Å². The van der Waals surface area contributed by atoms with Gasteiger partial charge in [-0.15, -0.1) is 0 Å². The standard InChI is InChI=1S/C8H11NO2/c9-7(5-1-2-5)6-3-4-11-8(6)10/h3-5,7,10H,1-2,9H2/t7-/m1/s1. The Labute approximate surface area is 64.8 Å². The molecule has 60 valence electrons. The molecule has 1 aromatic rings. The van der Waals surface area contributed by atoms with Crippen LogP contribution in [0.5, 0.6) is 5.95 Å². The second kappa shape index (κ2) is 2.27. The van der Waals surface area contributed by atoms with Crippen LogP contribution in [-0.2, 0) is 0 Å². The number of rotatable bonds is 2. The summed E-state index contributed by atoms with van der Waals surface area (Å²) >= 11 is 0. The molecule has 0 aliphatic heterocycles. The Balaban J connectivity index is 2.20. The number of hydrogen-bond acceptors (Lipinski definition) is 3. The van der Waals surface area contributed by atoms with E-state index in [1.807, 2.05) is 0 Å².